The third-order valence-corrected chi connectivity index (χ3v) is 3.29. The fourth-order valence-corrected chi connectivity index (χ4v) is 2.42. The molecule has 0 heterocycles. The number of aliphatic hydroxyl groups is 1. The minimum Gasteiger partial charge on any atom is -0.392 e. The predicted octanol–water partition coefficient (Wildman–Crippen LogP) is 3.21. The first kappa shape index (κ1) is 11.7. The lowest BCUT2D eigenvalue weighted by atomic mass is 10.1. The summed E-state index contributed by atoms with van der Waals surface area (Å²) in [7, 11) is 0. The highest BCUT2D eigenvalue weighted by Gasteiger charge is 2.30. The molecule has 0 unspecified atom stereocenters. The van der Waals surface area contributed by atoms with Gasteiger partial charge in [0.2, 0.25) is 0 Å². The molecule has 1 aromatic carbocycles. The number of hydrogen-bond donors (Lipinski definition) is 1. The van der Waals surface area contributed by atoms with E-state index in [1.54, 1.807) is 0 Å². The number of nitrogens with zero attached hydrogens (tertiary/aromatic N) is 1. The normalized spacial score (nSPS) is 15.2. The number of rotatable bonds is 5. The van der Waals surface area contributed by atoms with Crippen LogP contribution in [0.3, 0.4) is 0 Å². The molecule has 3 heteroatoms. The standard InChI is InChI=1S/C13H18ClNO/c1-2-8-15(11-6-7-11)13-10(9-16)4-3-5-12(13)14/h3-5,11,16H,2,6-9H2,1H3. The Hall–Kier alpha value is -0.730. The monoisotopic (exact) mass is 239 g/mol. The highest BCUT2D eigenvalue weighted by molar-refractivity contribution is 6.33. The van der Waals surface area contributed by atoms with Crippen molar-refractivity contribution in [2.24, 2.45) is 0 Å². The Morgan fingerprint density at radius 3 is 2.75 bits per heavy atom. The number of anilines is 1. The van der Waals surface area contributed by atoms with Crippen LogP contribution in [0.25, 0.3) is 0 Å². The lowest BCUT2D eigenvalue weighted by molar-refractivity contribution is 0.282. The molecule has 0 aromatic heterocycles. The van der Waals surface area contributed by atoms with Gasteiger partial charge in [0.25, 0.3) is 0 Å². The summed E-state index contributed by atoms with van der Waals surface area (Å²) >= 11 is 6.26. The van der Waals surface area contributed by atoms with E-state index in [9.17, 15) is 5.11 Å². The van der Waals surface area contributed by atoms with E-state index in [2.05, 4.69) is 11.8 Å². The van der Waals surface area contributed by atoms with Crippen LogP contribution in [0.4, 0.5) is 5.69 Å². The van der Waals surface area contributed by atoms with Gasteiger partial charge in [-0.25, -0.2) is 0 Å². The van der Waals surface area contributed by atoms with Crippen molar-refractivity contribution in [2.45, 2.75) is 38.8 Å². The number of hydrogen-bond acceptors (Lipinski definition) is 2. The number of para-hydroxylation sites is 1. The number of benzene rings is 1. The van der Waals surface area contributed by atoms with Crippen LogP contribution in [0, 0.1) is 0 Å². The molecule has 1 aliphatic carbocycles. The van der Waals surface area contributed by atoms with Gasteiger partial charge < -0.3 is 10.0 Å². The second-order valence-electron chi connectivity index (χ2n) is 4.33. The average Bonchev–Trinajstić information content (AvgIpc) is 3.10. The van der Waals surface area contributed by atoms with Crippen molar-refractivity contribution >= 4 is 17.3 Å². The van der Waals surface area contributed by atoms with E-state index >= 15 is 0 Å². The summed E-state index contributed by atoms with van der Waals surface area (Å²) in [5.41, 5.74) is 1.98. The van der Waals surface area contributed by atoms with Crippen LogP contribution in [0.1, 0.15) is 31.7 Å². The molecule has 0 spiro atoms. The maximum atomic E-state index is 9.38. The summed E-state index contributed by atoms with van der Waals surface area (Å²) in [6.07, 6.45) is 3.60. The minimum absolute atomic E-state index is 0.0584. The van der Waals surface area contributed by atoms with Gasteiger partial charge in [-0.05, 0) is 25.3 Å². The van der Waals surface area contributed by atoms with E-state index in [-0.39, 0.29) is 6.61 Å². The van der Waals surface area contributed by atoms with Gasteiger partial charge in [0, 0.05) is 18.2 Å². The molecule has 0 atom stereocenters. The second kappa shape index (κ2) is 5.07. The van der Waals surface area contributed by atoms with Gasteiger partial charge in [-0.3, -0.25) is 0 Å². The summed E-state index contributed by atoms with van der Waals surface area (Å²) in [4.78, 5) is 2.36. The smallest absolute Gasteiger partial charge is 0.0702 e. The molecule has 2 nitrogen and oxygen atoms in total. The molecule has 0 radical (unpaired) electrons. The van der Waals surface area contributed by atoms with Crippen molar-refractivity contribution in [3.05, 3.63) is 28.8 Å². The fourth-order valence-electron chi connectivity index (χ4n) is 2.11. The van der Waals surface area contributed by atoms with Crippen molar-refractivity contribution in [1.29, 1.82) is 0 Å². The van der Waals surface area contributed by atoms with E-state index in [0.717, 1.165) is 29.2 Å². The summed E-state index contributed by atoms with van der Waals surface area (Å²) in [5, 5.41) is 10.1. The molecule has 1 fully saturated rings. The summed E-state index contributed by atoms with van der Waals surface area (Å²) in [6, 6.07) is 6.38. The zero-order valence-corrected chi connectivity index (χ0v) is 10.4. The summed E-state index contributed by atoms with van der Waals surface area (Å²) < 4.78 is 0. The predicted molar refractivity (Wildman–Crippen MR) is 68.0 cm³/mol. The minimum atomic E-state index is 0.0584. The quantitative estimate of drug-likeness (QED) is 0.853. The zero-order valence-electron chi connectivity index (χ0n) is 9.62. The molecule has 2 rings (SSSR count). The number of halogens is 1. The van der Waals surface area contributed by atoms with Crippen molar-refractivity contribution in [1.82, 2.24) is 0 Å². The Bertz CT molecular complexity index is 363. The first-order valence-electron chi connectivity index (χ1n) is 5.92. The third kappa shape index (κ3) is 2.33. The topological polar surface area (TPSA) is 23.5 Å². The van der Waals surface area contributed by atoms with Gasteiger partial charge in [-0.1, -0.05) is 30.7 Å². The zero-order chi connectivity index (χ0) is 11.5. The SMILES string of the molecule is CCCN(c1c(Cl)cccc1CO)C1CC1. The molecule has 0 aliphatic heterocycles. The number of aliphatic hydroxyl groups excluding tert-OH is 1. The highest BCUT2D eigenvalue weighted by Crippen LogP contribution is 2.38. The average molecular weight is 240 g/mol. The van der Waals surface area contributed by atoms with Crippen molar-refractivity contribution in [3.8, 4) is 0 Å². The molecule has 1 N–H and O–H groups in total. The molecule has 1 aromatic rings. The summed E-state index contributed by atoms with van der Waals surface area (Å²) in [6.45, 7) is 3.25. The van der Waals surface area contributed by atoms with E-state index < -0.39 is 0 Å². The molecular formula is C13H18ClNO. The molecule has 0 amide bonds. The van der Waals surface area contributed by atoms with Crippen LogP contribution in [0.15, 0.2) is 18.2 Å². The van der Waals surface area contributed by atoms with Crippen LogP contribution in [0.2, 0.25) is 5.02 Å². The van der Waals surface area contributed by atoms with Gasteiger partial charge in [0.05, 0.1) is 17.3 Å². The Labute approximate surface area is 102 Å². The Balaban J connectivity index is 2.34. The maximum Gasteiger partial charge on any atom is 0.0702 e. The van der Waals surface area contributed by atoms with Crippen LogP contribution < -0.4 is 4.90 Å². The molecule has 88 valence electrons. The van der Waals surface area contributed by atoms with Crippen molar-refractivity contribution in [3.63, 3.8) is 0 Å². The van der Waals surface area contributed by atoms with Gasteiger partial charge in [0.15, 0.2) is 0 Å². The largest absolute Gasteiger partial charge is 0.392 e. The van der Waals surface area contributed by atoms with Crippen LogP contribution in [0.5, 0.6) is 0 Å². The first-order chi connectivity index (χ1) is 7.77. The van der Waals surface area contributed by atoms with E-state index in [1.807, 2.05) is 18.2 Å². The molecule has 1 aliphatic rings. The molecular weight excluding hydrogens is 222 g/mol. The van der Waals surface area contributed by atoms with Crippen LogP contribution in [-0.2, 0) is 6.61 Å². The highest BCUT2D eigenvalue weighted by atomic mass is 35.5. The van der Waals surface area contributed by atoms with E-state index in [4.69, 9.17) is 11.6 Å². The van der Waals surface area contributed by atoms with Crippen LogP contribution in [-0.4, -0.2) is 17.7 Å². The van der Waals surface area contributed by atoms with Gasteiger partial charge in [-0.2, -0.15) is 0 Å². The molecule has 16 heavy (non-hydrogen) atoms. The van der Waals surface area contributed by atoms with Crippen molar-refractivity contribution in [2.75, 3.05) is 11.4 Å². The summed E-state index contributed by atoms with van der Waals surface area (Å²) in [5.74, 6) is 0. The third-order valence-electron chi connectivity index (χ3n) is 2.98. The first-order valence-corrected chi connectivity index (χ1v) is 6.30. The van der Waals surface area contributed by atoms with E-state index in [1.165, 1.54) is 12.8 Å². The van der Waals surface area contributed by atoms with E-state index in [0.29, 0.717) is 6.04 Å². The Morgan fingerprint density at radius 1 is 1.44 bits per heavy atom. The lowest BCUT2D eigenvalue weighted by Gasteiger charge is -2.27. The fraction of sp³-hybridized carbons (Fsp3) is 0.538. The van der Waals surface area contributed by atoms with Gasteiger partial charge in [-0.15, -0.1) is 0 Å². The lowest BCUT2D eigenvalue weighted by Crippen LogP contribution is -2.27. The van der Waals surface area contributed by atoms with Gasteiger partial charge in [0.1, 0.15) is 0 Å². The molecule has 1 saturated carbocycles. The van der Waals surface area contributed by atoms with Gasteiger partial charge >= 0.3 is 0 Å². The van der Waals surface area contributed by atoms with Crippen LogP contribution >= 0.6 is 11.6 Å². The Morgan fingerprint density at radius 2 is 2.19 bits per heavy atom. The Kier molecular flexibility index (Phi) is 3.72. The van der Waals surface area contributed by atoms with Crippen molar-refractivity contribution < 1.29 is 5.11 Å². The molecule has 0 saturated heterocycles. The second-order valence-corrected chi connectivity index (χ2v) is 4.74. The maximum absolute atomic E-state index is 9.38. The molecule has 0 bridgehead atoms.